The van der Waals surface area contributed by atoms with Crippen LogP contribution in [0.3, 0.4) is 0 Å². The summed E-state index contributed by atoms with van der Waals surface area (Å²) in [6.07, 6.45) is 4.10. The molecule has 2 aromatic heterocycles. The predicted molar refractivity (Wildman–Crippen MR) is 76.7 cm³/mol. The lowest BCUT2D eigenvalue weighted by atomic mass is 10.2. The molecule has 21 heavy (non-hydrogen) atoms. The van der Waals surface area contributed by atoms with Crippen molar-refractivity contribution in [1.82, 2.24) is 24.9 Å². The van der Waals surface area contributed by atoms with Crippen molar-refractivity contribution < 1.29 is 9.63 Å². The lowest BCUT2D eigenvalue weighted by Gasteiger charge is -2.24. The van der Waals surface area contributed by atoms with E-state index >= 15 is 0 Å². The summed E-state index contributed by atoms with van der Waals surface area (Å²) in [6, 6.07) is 1.67. The van der Waals surface area contributed by atoms with Crippen LogP contribution < -0.4 is 0 Å². The molecule has 0 aromatic carbocycles. The van der Waals surface area contributed by atoms with Gasteiger partial charge in [0.05, 0.1) is 17.8 Å². The molecule has 0 aliphatic carbocycles. The number of aromatic nitrogens is 3. The van der Waals surface area contributed by atoms with Crippen molar-refractivity contribution in [1.29, 1.82) is 0 Å². The maximum absolute atomic E-state index is 9.48. The van der Waals surface area contributed by atoms with Crippen molar-refractivity contribution in [2.75, 3.05) is 33.7 Å². The number of pyridine rings is 1. The van der Waals surface area contributed by atoms with Gasteiger partial charge in [-0.1, -0.05) is 5.16 Å². The van der Waals surface area contributed by atoms with E-state index in [1.54, 1.807) is 12.3 Å². The minimum absolute atomic E-state index is 0.0820. The van der Waals surface area contributed by atoms with Gasteiger partial charge in [0.15, 0.2) is 5.82 Å². The van der Waals surface area contributed by atoms with Crippen molar-refractivity contribution >= 4 is 0 Å². The first-order chi connectivity index (χ1) is 10.1. The number of likely N-dealkylation sites (N-methyl/N-ethyl adjacent to an activating group) is 2. The molecule has 3 heterocycles. The molecule has 0 amide bonds. The molecular formula is C14H19N5O2. The first-order valence-corrected chi connectivity index (χ1v) is 7.00. The molecule has 0 bridgehead atoms. The van der Waals surface area contributed by atoms with E-state index in [9.17, 15) is 5.11 Å². The Labute approximate surface area is 123 Å². The fourth-order valence-corrected chi connectivity index (χ4v) is 2.58. The van der Waals surface area contributed by atoms with Crippen molar-refractivity contribution in [3.8, 4) is 17.2 Å². The summed E-state index contributed by atoms with van der Waals surface area (Å²) in [7, 11) is 4.18. The van der Waals surface area contributed by atoms with Gasteiger partial charge in [0, 0.05) is 12.7 Å². The first kappa shape index (κ1) is 14.0. The van der Waals surface area contributed by atoms with Gasteiger partial charge in [-0.05, 0) is 39.7 Å². The first-order valence-electron chi connectivity index (χ1n) is 7.00. The summed E-state index contributed by atoms with van der Waals surface area (Å²) in [6.45, 7) is 2.95. The average molecular weight is 289 g/mol. The smallest absolute Gasteiger partial charge is 0.259 e. The maximum Gasteiger partial charge on any atom is 0.259 e. The Kier molecular flexibility index (Phi) is 3.85. The van der Waals surface area contributed by atoms with Crippen molar-refractivity contribution in [2.45, 2.75) is 12.5 Å². The molecule has 0 radical (unpaired) electrons. The maximum atomic E-state index is 9.48. The second kappa shape index (κ2) is 5.79. The molecule has 1 N–H and O–H groups in total. The summed E-state index contributed by atoms with van der Waals surface area (Å²) >= 11 is 0. The van der Waals surface area contributed by atoms with Crippen molar-refractivity contribution in [3.05, 3.63) is 24.3 Å². The van der Waals surface area contributed by atoms with Crippen LogP contribution in [0.25, 0.3) is 11.5 Å². The zero-order chi connectivity index (χ0) is 14.8. The molecule has 1 atom stereocenters. The van der Waals surface area contributed by atoms with E-state index in [2.05, 4.69) is 39.0 Å². The Balaban J connectivity index is 1.86. The second-order valence-corrected chi connectivity index (χ2v) is 5.50. The molecule has 7 nitrogen and oxygen atoms in total. The SMILES string of the molecule is CN1CCCN(C)C(c2noc(-c3cncc(O)c3)n2)C1. The molecule has 0 saturated carbocycles. The summed E-state index contributed by atoms with van der Waals surface area (Å²) < 4.78 is 5.33. The molecule has 1 aliphatic heterocycles. The van der Waals surface area contributed by atoms with E-state index < -0.39 is 0 Å². The van der Waals surface area contributed by atoms with Crippen LogP contribution in [0.4, 0.5) is 0 Å². The highest BCUT2D eigenvalue weighted by Crippen LogP contribution is 2.25. The largest absolute Gasteiger partial charge is 0.506 e. The average Bonchev–Trinajstić information content (AvgIpc) is 2.87. The van der Waals surface area contributed by atoms with Crippen LogP contribution in [0.1, 0.15) is 18.3 Å². The summed E-state index contributed by atoms with van der Waals surface area (Å²) in [5, 5.41) is 13.6. The van der Waals surface area contributed by atoms with Crippen LogP contribution in [-0.2, 0) is 0 Å². The Morgan fingerprint density at radius 2 is 2.14 bits per heavy atom. The number of aromatic hydroxyl groups is 1. The van der Waals surface area contributed by atoms with Crippen LogP contribution in [0, 0.1) is 0 Å². The standard InChI is InChI=1S/C14H19N5O2/c1-18-4-3-5-19(2)12(9-18)13-16-14(21-17-13)10-6-11(20)8-15-7-10/h6-8,12,20H,3-5,9H2,1-2H3. The minimum atomic E-state index is 0.0820. The van der Waals surface area contributed by atoms with Gasteiger partial charge >= 0.3 is 0 Å². The highest BCUT2D eigenvalue weighted by Gasteiger charge is 2.26. The Bertz CT molecular complexity index is 615. The Morgan fingerprint density at radius 3 is 2.95 bits per heavy atom. The number of hydrogen-bond acceptors (Lipinski definition) is 7. The van der Waals surface area contributed by atoms with Crippen LogP contribution in [0.5, 0.6) is 5.75 Å². The molecular weight excluding hydrogens is 270 g/mol. The Morgan fingerprint density at radius 1 is 1.29 bits per heavy atom. The topological polar surface area (TPSA) is 78.5 Å². The fourth-order valence-electron chi connectivity index (χ4n) is 2.58. The summed E-state index contributed by atoms with van der Waals surface area (Å²) in [4.78, 5) is 12.9. The van der Waals surface area contributed by atoms with Gasteiger partial charge in [0.1, 0.15) is 5.75 Å². The van der Waals surface area contributed by atoms with Crippen LogP contribution in [-0.4, -0.2) is 63.8 Å². The van der Waals surface area contributed by atoms with Gasteiger partial charge in [-0.3, -0.25) is 9.88 Å². The lowest BCUT2D eigenvalue weighted by Crippen LogP contribution is -2.31. The zero-order valence-electron chi connectivity index (χ0n) is 12.2. The molecule has 112 valence electrons. The van der Waals surface area contributed by atoms with Gasteiger partial charge in [-0.15, -0.1) is 0 Å². The van der Waals surface area contributed by atoms with Gasteiger partial charge < -0.3 is 14.5 Å². The number of rotatable bonds is 2. The van der Waals surface area contributed by atoms with Gasteiger partial charge in [0.2, 0.25) is 0 Å². The molecule has 1 aliphatic rings. The molecule has 7 heteroatoms. The van der Waals surface area contributed by atoms with E-state index in [4.69, 9.17) is 4.52 Å². The Hall–Kier alpha value is -1.99. The third kappa shape index (κ3) is 3.03. The summed E-state index contributed by atoms with van der Waals surface area (Å²) in [5.74, 6) is 1.14. The quantitative estimate of drug-likeness (QED) is 0.888. The normalized spacial score (nSPS) is 21.3. The van der Waals surface area contributed by atoms with Crippen LogP contribution >= 0.6 is 0 Å². The van der Waals surface area contributed by atoms with Gasteiger partial charge in [-0.25, -0.2) is 0 Å². The predicted octanol–water partition coefficient (Wildman–Crippen LogP) is 1.15. The third-order valence-electron chi connectivity index (χ3n) is 3.78. The minimum Gasteiger partial charge on any atom is -0.506 e. The molecule has 1 unspecified atom stereocenters. The molecule has 0 spiro atoms. The lowest BCUT2D eigenvalue weighted by molar-refractivity contribution is 0.215. The zero-order valence-corrected chi connectivity index (χ0v) is 12.2. The number of nitrogens with zero attached hydrogens (tertiary/aromatic N) is 5. The van der Waals surface area contributed by atoms with E-state index in [1.165, 1.54) is 6.20 Å². The van der Waals surface area contributed by atoms with E-state index in [0.717, 1.165) is 26.1 Å². The van der Waals surface area contributed by atoms with Gasteiger partial charge in [-0.2, -0.15) is 4.98 Å². The monoisotopic (exact) mass is 289 g/mol. The van der Waals surface area contributed by atoms with Crippen molar-refractivity contribution in [3.63, 3.8) is 0 Å². The molecule has 2 aromatic rings. The summed E-state index contributed by atoms with van der Waals surface area (Å²) in [5.41, 5.74) is 0.623. The third-order valence-corrected chi connectivity index (χ3v) is 3.78. The van der Waals surface area contributed by atoms with Crippen LogP contribution in [0.2, 0.25) is 0 Å². The van der Waals surface area contributed by atoms with E-state index in [-0.39, 0.29) is 11.8 Å². The van der Waals surface area contributed by atoms with Gasteiger partial charge in [0.25, 0.3) is 5.89 Å². The van der Waals surface area contributed by atoms with Crippen molar-refractivity contribution in [2.24, 2.45) is 0 Å². The second-order valence-electron chi connectivity index (χ2n) is 5.50. The molecule has 3 rings (SSSR count). The highest BCUT2D eigenvalue weighted by atomic mass is 16.5. The van der Waals surface area contributed by atoms with E-state index in [0.29, 0.717) is 17.3 Å². The molecule has 1 fully saturated rings. The fraction of sp³-hybridized carbons (Fsp3) is 0.500. The van der Waals surface area contributed by atoms with Crippen LogP contribution in [0.15, 0.2) is 23.0 Å². The molecule has 1 saturated heterocycles. The van der Waals surface area contributed by atoms with E-state index in [1.807, 2.05) is 0 Å². The highest BCUT2D eigenvalue weighted by molar-refractivity contribution is 5.53. The number of hydrogen-bond donors (Lipinski definition) is 1.